The van der Waals surface area contributed by atoms with Gasteiger partial charge >= 0.3 is 6.18 Å². The molecule has 0 spiro atoms. The lowest BCUT2D eigenvalue weighted by Gasteiger charge is -2.31. The van der Waals surface area contributed by atoms with Crippen molar-refractivity contribution in [3.8, 4) is 5.88 Å². The second kappa shape index (κ2) is 11.2. The molecule has 1 atom stereocenters. The van der Waals surface area contributed by atoms with Crippen molar-refractivity contribution in [1.82, 2.24) is 14.9 Å². The molecule has 13 heteroatoms. The summed E-state index contributed by atoms with van der Waals surface area (Å²) >= 11 is 1.48. The molecule has 1 aromatic carbocycles. The zero-order valence-electron chi connectivity index (χ0n) is 20.3. The van der Waals surface area contributed by atoms with Gasteiger partial charge in [0.05, 0.1) is 16.3 Å². The van der Waals surface area contributed by atoms with Gasteiger partial charge in [-0.25, -0.2) is 18.7 Å². The number of carbonyl (C=O) groups excluding carboxylic acids is 1. The highest BCUT2D eigenvalue weighted by molar-refractivity contribution is 7.10. The molecule has 4 heterocycles. The van der Waals surface area contributed by atoms with Gasteiger partial charge in [-0.1, -0.05) is 23.4 Å². The fraction of sp³-hybridized carbons (Fsp3) is 0.385. The Kier molecular flexibility index (Phi) is 7.78. The maximum Gasteiger partial charge on any atom is 0.417 e. The Morgan fingerprint density at radius 2 is 2.03 bits per heavy atom. The number of carbonyl (C=O) groups is 1. The van der Waals surface area contributed by atoms with E-state index in [4.69, 9.17) is 14.6 Å². The number of amides is 1. The van der Waals surface area contributed by atoms with Crippen molar-refractivity contribution < 1.29 is 36.3 Å². The largest absolute Gasteiger partial charge is 0.468 e. The highest BCUT2D eigenvalue weighted by Crippen LogP contribution is 2.36. The second-order valence-electron chi connectivity index (χ2n) is 9.07. The first-order chi connectivity index (χ1) is 18.7. The van der Waals surface area contributed by atoms with Crippen LogP contribution in [0.1, 0.15) is 65.1 Å². The smallest absolute Gasteiger partial charge is 0.417 e. The first-order valence-electron chi connectivity index (χ1n) is 12.1. The van der Waals surface area contributed by atoms with Crippen LogP contribution in [0.15, 0.2) is 47.1 Å². The molecule has 1 radical (unpaired) electrons. The van der Waals surface area contributed by atoms with Crippen LogP contribution in [-0.2, 0) is 15.8 Å². The van der Waals surface area contributed by atoms with Crippen molar-refractivity contribution in [1.29, 1.82) is 0 Å². The van der Waals surface area contributed by atoms with Crippen LogP contribution in [0.4, 0.5) is 22.0 Å². The van der Waals surface area contributed by atoms with Crippen LogP contribution in [0.5, 0.6) is 5.88 Å². The van der Waals surface area contributed by atoms with E-state index in [-0.39, 0.29) is 35.4 Å². The second-order valence-corrected chi connectivity index (χ2v) is 9.96. The summed E-state index contributed by atoms with van der Waals surface area (Å²) in [6, 6.07) is 9.22. The maximum atomic E-state index is 13.4. The number of thiazole rings is 1. The average molecular weight is 566 g/mol. The quantitative estimate of drug-likeness (QED) is 0.331. The van der Waals surface area contributed by atoms with Crippen molar-refractivity contribution in [2.75, 3.05) is 19.7 Å². The number of pyridine rings is 1. The van der Waals surface area contributed by atoms with Crippen molar-refractivity contribution >= 4 is 23.0 Å². The highest BCUT2D eigenvalue weighted by atomic mass is 32.1. The van der Waals surface area contributed by atoms with E-state index < -0.39 is 24.3 Å². The number of nitrogens with zero attached hydrogens (tertiary/aromatic N) is 4. The summed E-state index contributed by atoms with van der Waals surface area (Å²) in [7, 11) is 0. The van der Waals surface area contributed by atoms with E-state index >= 15 is 0 Å². The van der Waals surface area contributed by atoms with Gasteiger partial charge in [-0.3, -0.25) is 4.79 Å². The lowest BCUT2D eigenvalue weighted by molar-refractivity contribution is -0.138. The van der Waals surface area contributed by atoms with Crippen molar-refractivity contribution in [2.45, 2.75) is 43.9 Å². The van der Waals surface area contributed by atoms with Crippen molar-refractivity contribution in [3.63, 3.8) is 0 Å². The normalized spacial score (nSPS) is 18.3. The molecule has 205 valence electrons. The molecule has 0 bridgehead atoms. The van der Waals surface area contributed by atoms with Crippen LogP contribution in [0.3, 0.4) is 0 Å². The predicted molar refractivity (Wildman–Crippen MR) is 131 cm³/mol. The molecule has 1 amide bonds. The fourth-order valence-electron chi connectivity index (χ4n) is 4.46. The summed E-state index contributed by atoms with van der Waals surface area (Å²) in [5, 5.41) is 6.85. The number of benzene rings is 1. The lowest BCUT2D eigenvalue weighted by atomic mass is 9.97. The molecule has 3 aromatic rings. The molecular weight excluding hydrogens is 543 g/mol. The molecule has 0 aliphatic carbocycles. The number of piperidine rings is 1. The Morgan fingerprint density at radius 3 is 2.72 bits per heavy atom. The summed E-state index contributed by atoms with van der Waals surface area (Å²) in [5.74, 6) is -0.200. The summed E-state index contributed by atoms with van der Waals surface area (Å²) in [6.45, 7) is 0.640. The van der Waals surface area contributed by atoms with Crippen LogP contribution >= 0.6 is 11.3 Å². The molecule has 2 aliphatic rings. The third kappa shape index (κ3) is 6.18. The maximum absolute atomic E-state index is 13.4. The summed E-state index contributed by atoms with van der Waals surface area (Å²) in [6.07, 6.45) is -5.45. The minimum atomic E-state index is -4.49. The topological polar surface area (TPSA) is 76.9 Å². The van der Waals surface area contributed by atoms with Gasteiger partial charge in [0.15, 0.2) is 12.7 Å². The Morgan fingerprint density at radius 1 is 1.23 bits per heavy atom. The van der Waals surface area contributed by atoms with E-state index in [1.54, 1.807) is 11.0 Å². The number of ether oxygens (including phenoxy) is 1. The number of oxime groups is 1. The molecule has 39 heavy (non-hydrogen) atoms. The number of rotatable bonds is 7. The van der Waals surface area contributed by atoms with Gasteiger partial charge in [0.25, 0.3) is 12.3 Å². The van der Waals surface area contributed by atoms with Crippen LogP contribution in [-0.4, -0.2) is 46.2 Å². The van der Waals surface area contributed by atoms with Gasteiger partial charge in [0, 0.05) is 54.2 Å². The molecule has 7 nitrogen and oxygen atoms in total. The van der Waals surface area contributed by atoms with Crippen LogP contribution in [0.2, 0.25) is 0 Å². The Hall–Kier alpha value is -3.61. The zero-order chi connectivity index (χ0) is 27.6. The minimum absolute atomic E-state index is 0.0572. The van der Waals surface area contributed by atoms with E-state index in [0.29, 0.717) is 50.0 Å². The number of hydrogen-bond donors (Lipinski definition) is 0. The van der Waals surface area contributed by atoms with E-state index in [2.05, 4.69) is 16.2 Å². The summed E-state index contributed by atoms with van der Waals surface area (Å²) in [4.78, 5) is 27.9. The van der Waals surface area contributed by atoms with Crippen LogP contribution in [0.25, 0.3) is 0 Å². The number of aromatic nitrogens is 2. The van der Waals surface area contributed by atoms with E-state index in [1.807, 2.05) is 5.38 Å². The van der Waals surface area contributed by atoms with Crippen LogP contribution in [0, 0.1) is 6.07 Å². The Bertz CT molecular complexity index is 1340. The zero-order valence-corrected chi connectivity index (χ0v) is 21.1. The van der Waals surface area contributed by atoms with Crippen molar-refractivity contribution in [2.24, 2.45) is 5.16 Å². The van der Waals surface area contributed by atoms with Gasteiger partial charge in [0.2, 0.25) is 5.88 Å². The standard InChI is InChI=1S/C26H22F5N4O3S/c27-24(28)18-4-2-1-3-17(18)21-11-19(34-38-21)20-14-39-25(33-20)15-7-9-35(10-8-15)23(36)13-37-22-6-5-16(12-32-22)26(29,30)31/h1-2,4-6,12,14-15,21,24H,7-11,13H2. The van der Waals surface area contributed by atoms with Crippen molar-refractivity contribution in [3.05, 3.63) is 75.4 Å². The van der Waals surface area contributed by atoms with E-state index in [0.717, 1.165) is 17.1 Å². The number of alkyl halides is 5. The number of likely N-dealkylation sites (tertiary alicyclic amines) is 1. The number of halogens is 5. The SMILES string of the molecule is O=C(COc1ccc(C(F)(F)F)cn1)N1CCC(c2nc(C3=NOC(c4[c]cccc4C(F)F)C3)cs2)CC1. The Balaban J connectivity index is 1.11. The minimum Gasteiger partial charge on any atom is -0.468 e. The first-order valence-corrected chi connectivity index (χ1v) is 13.0. The molecule has 2 aliphatic heterocycles. The molecule has 2 aromatic heterocycles. The predicted octanol–water partition coefficient (Wildman–Crippen LogP) is 5.95. The van der Waals surface area contributed by atoms with Gasteiger partial charge in [-0.15, -0.1) is 11.3 Å². The van der Waals surface area contributed by atoms with Gasteiger partial charge < -0.3 is 14.5 Å². The lowest BCUT2D eigenvalue weighted by Crippen LogP contribution is -2.40. The van der Waals surface area contributed by atoms with Gasteiger partial charge in [0.1, 0.15) is 5.71 Å². The molecular formula is C26H22F5N4O3S. The summed E-state index contributed by atoms with van der Waals surface area (Å²) in [5.41, 5.74) is 0.498. The first kappa shape index (κ1) is 27.0. The molecule has 0 N–H and O–H groups in total. The molecule has 5 rings (SSSR count). The highest BCUT2D eigenvalue weighted by Gasteiger charge is 2.32. The molecule has 0 saturated carbocycles. The third-order valence-electron chi connectivity index (χ3n) is 6.57. The molecule has 1 saturated heterocycles. The number of hydrogen-bond acceptors (Lipinski definition) is 7. The van der Waals surface area contributed by atoms with Gasteiger partial charge in [-0.05, 0) is 25.0 Å². The van der Waals surface area contributed by atoms with Crippen LogP contribution < -0.4 is 4.74 Å². The van der Waals surface area contributed by atoms with E-state index in [9.17, 15) is 26.7 Å². The Labute approximate surface area is 224 Å². The summed E-state index contributed by atoms with van der Waals surface area (Å²) < 4.78 is 69.9. The molecule has 1 fully saturated rings. The monoisotopic (exact) mass is 565 g/mol. The third-order valence-corrected chi connectivity index (χ3v) is 7.58. The van der Waals surface area contributed by atoms with Gasteiger partial charge in [-0.2, -0.15) is 13.2 Å². The van der Waals surface area contributed by atoms with E-state index in [1.165, 1.54) is 23.5 Å². The fourth-order valence-corrected chi connectivity index (χ4v) is 5.46. The molecule has 1 unspecified atom stereocenters. The average Bonchev–Trinajstić information content (AvgIpc) is 3.62.